The Morgan fingerprint density at radius 2 is 1.59 bits per heavy atom. The Balaban J connectivity index is 1.29. The number of amides is 2. The molecular weight excluding hydrogens is 432 g/mol. The highest BCUT2D eigenvalue weighted by atomic mass is 16.5. The van der Waals surface area contributed by atoms with E-state index in [1.165, 1.54) is 0 Å². The van der Waals surface area contributed by atoms with E-state index in [0.29, 0.717) is 17.1 Å². The zero-order valence-electron chi connectivity index (χ0n) is 19.1. The smallest absolute Gasteiger partial charge is 0.311 e. The van der Waals surface area contributed by atoms with Crippen molar-refractivity contribution in [3.8, 4) is 11.5 Å². The molecule has 0 radical (unpaired) electrons. The Bertz CT molecular complexity index is 1190. The van der Waals surface area contributed by atoms with E-state index in [1.807, 2.05) is 56.3 Å². The molecule has 0 spiro atoms. The number of nitrogens with one attached hydrogen (secondary N) is 1. The molecule has 0 aromatic heterocycles. The molecule has 0 bridgehead atoms. The minimum Gasteiger partial charge on any atom is -0.457 e. The normalized spacial score (nSPS) is 15.2. The van der Waals surface area contributed by atoms with E-state index in [4.69, 9.17) is 9.47 Å². The maximum Gasteiger partial charge on any atom is 0.311 e. The molecule has 174 valence electrons. The lowest BCUT2D eigenvalue weighted by Crippen LogP contribution is -2.28. The van der Waals surface area contributed by atoms with Crippen LogP contribution in [0.5, 0.6) is 11.5 Å². The summed E-state index contributed by atoms with van der Waals surface area (Å²) in [5.74, 6) is -0.399. The molecule has 1 saturated heterocycles. The van der Waals surface area contributed by atoms with E-state index < -0.39 is 24.4 Å². The molecule has 1 heterocycles. The topological polar surface area (TPSA) is 84.9 Å². The van der Waals surface area contributed by atoms with Gasteiger partial charge in [-0.25, -0.2) is 0 Å². The van der Waals surface area contributed by atoms with Crippen molar-refractivity contribution in [3.63, 3.8) is 0 Å². The number of carbonyl (C=O) groups excluding carboxylic acids is 3. The number of ether oxygens (including phenoxy) is 2. The molecule has 0 aliphatic carbocycles. The fourth-order valence-electron chi connectivity index (χ4n) is 3.71. The predicted molar refractivity (Wildman–Crippen MR) is 129 cm³/mol. The highest BCUT2D eigenvalue weighted by molar-refractivity contribution is 6.00. The summed E-state index contributed by atoms with van der Waals surface area (Å²) >= 11 is 0. The molecule has 7 heteroatoms. The van der Waals surface area contributed by atoms with Gasteiger partial charge in [-0.1, -0.05) is 35.9 Å². The third-order valence-electron chi connectivity index (χ3n) is 5.63. The van der Waals surface area contributed by atoms with Gasteiger partial charge in [0, 0.05) is 24.3 Å². The lowest BCUT2D eigenvalue weighted by Gasteiger charge is -2.17. The van der Waals surface area contributed by atoms with Gasteiger partial charge in [0.2, 0.25) is 5.91 Å². The van der Waals surface area contributed by atoms with E-state index in [-0.39, 0.29) is 18.9 Å². The predicted octanol–water partition coefficient (Wildman–Crippen LogP) is 4.63. The molecule has 4 rings (SSSR count). The zero-order valence-corrected chi connectivity index (χ0v) is 19.1. The maximum absolute atomic E-state index is 12.5. The summed E-state index contributed by atoms with van der Waals surface area (Å²) in [5, 5.41) is 2.72. The molecule has 1 fully saturated rings. The second-order valence-electron chi connectivity index (χ2n) is 8.29. The van der Waals surface area contributed by atoms with Crippen LogP contribution in [0.1, 0.15) is 17.5 Å². The molecule has 1 atom stereocenters. The average Bonchev–Trinajstić information content (AvgIpc) is 3.23. The summed E-state index contributed by atoms with van der Waals surface area (Å²) < 4.78 is 11.0. The Hall–Kier alpha value is -4.13. The summed E-state index contributed by atoms with van der Waals surface area (Å²) in [7, 11) is 0. The van der Waals surface area contributed by atoms with Gasteiger partial charge in [0.15, 0.2) is 6.61 Å². The van der Waals surface area contributed by atoms with Gasteiger partial charge in [-0.05, 0) is 61.9 Å². The van der Waals surface area contributed by atoms with Crippen LogP contribution in [0.3, 0.4) is 0 Å². The summed E-state index contributed by atoms with van der Waals surface area (Å²) in [6.45, 7) is 3.69. The molecule has 3 aromatic carbocycles. The van der Waals surface area contributed by atoms with Crippen LogP contribution in [-0.2, 0) is 19.1 Å². The van der Waals surface area contributed by atoms with Crippen molar-refractivity contribution in [1.82, 2.24) is 0 Å². The zero-order chi connectivity index (χ0) is 24.1. The van der Waals surface area contributed by atoms with E-state index in [2.05, 4.69) is 5.32 Å². The molecule has 7 nitrogen and oxygen atoms in total. The van der Waals surface area contributed by atoms with Crippen molar-refractivity contribution >= 4 is 29.2 Å². The van der Waals surface area contributed by atoms with Crippen molar-refractivity contribution in [1.29, 1.82) is 0 Å². The molecule has 3 aromatic rings. The van der Waals surface area contributed by atoms with Crippen LogP contribution in [0, 0.1) is 19.8 Å². The van der Waals surface area contributed by atoms with Crippen molar-refractivity contribution < 1.29 is 23.9 Å². The summed E-state index contributed by atoms with van der Waals surface area (Å²) in [6.07, 6.45) is 0.0415. The van der Waals surface area contributed by atoms with Crippen molar-refractivity contribution in [2.24, 2.45) is 5.92 Å². The third-order valence-corrected chi connectivity index (χ3v) is 5.63. The molecule has 2 amide bonds. The summed E-state index contributed by atoms with van der Waals surface area (Å²) in [6, 6.07) is 22.2. The molecule has 0 unspecified atom stereocenters. The molecule has 1 N–H and O–H groups in total. The number of anilines is 2. The first-order valence-corrected chi connectivity index (χ1v) is 11.1. The highest BCUT2D eigenvalue weighted by Crippen LogP contribution is 2.29. The van der Waals surface area contributed by atoms with Gasteiger partial charge < -0.3 is 19.7 Å². The Kier molecular flexibility index (Phi) is 6.92. The summed E-state index contributed by atoms with van der Waals surface area (Å²) in [5.41, 5.74) is 3.40. The van der Waals surface area contributed by atoms with Crippen LogP contribution >= 0.6 is 0 Å². The number of carbonyl (C=O) groups is 3. The van der Waals surface area contributed by atoms with Crippen molar-refractivity contribution in [2.75, 3.05) is 23.4 Å². The van der Waals surface area contributed by atoms with Gasteiger partial charge in [0.25, 0.3) is 5.91 Å². The van der Waals surface area contributed by atoms with Gasteiger partial charge in [-0.2, -0.15) is 0 Å². The lowest BCUT2D eigenvalue weighted by molar-refractivity contribution is -0.151. The highest BCUT2D eigenvalue weighted by Gasteiger charge is 2.36. The van der Waals surface area contributed by atoms with Gasteiger partial charge >= 0.3 is 5.97 Å². The molecule has 34 heavy (non-hydrogen) atoms. The largest absolute Gasteiger partial charge is 0.457 e. The molecule has 1 aliphatic rings. The second kappa shape index (κ2) is 10.2. The number of hydrogen-bond donors (Lipinski definition) is 1. The van der Waals surface area contributed by atoms with Crippen molar-refractivity contribution in [3.05, 3.63) is 83.9 Å². The van der Waals surface area contributed by atoms with Crippen LogP contribution < -0.4 is 15.0 Å². The minimum atomic E-state index is -0.623. The fourth-order valence-corrected chi connectivity index (χ4v) is 3.71. The number of benzene rings is 3. The lowest BCUT2D eigenvalue weighted by atomic mass is 10.1. The van der Waals surface area contributed by atoms with Gasteiger partial charge in [-0.15, -0.1) is 0 Å². The molecular formula is C27H26N2O5. The molecule has 1 aliphatic heterocycles. The first-order valence-electron chi connectivity index (χ1n) is 11.1. The minimum absolute atomic E-state index is 0.0415. The van der Waals surface area contributed by atoms with Gasteiger partial charge in [-0.3, -0.25) is 14.4 Å². The van der Waals surface area contributed by atoms with Crippen molar-refractivity contribution in [2.45, 2.75) is 20.3 Å². The Morgan fingerprint density at radius 3 is 2.26 bits per heavy atom. The SMILES string of the molecule is Cc1ccc(Oc2ccc(N3C[C@H](C(=O)OCC(=O)Nc4ccccc4C)CC3=O)cc2)cc1. The van der Waals surface area contributed by atoms with Crippen LogP contribution in [0.25, 0.3) is 0 Å². The Labute approximate surface area is 198 Å². The number of aryl methyl sites for hydroxylation is 2. The molecule has 0 saturated carbocycles. The number of para-hydroxylation sites is 1. The number of nitrogens with zero attached hydrogens (tertiary/aromatic N) is 1. The van der Waals surface area contributed by atoms with E-state index in [1.54, 1.807) is 35.2 Å². The quantitative estimate of drug-likeness (QED) is 0.522. The van der Waals surface area contributed by atoms with Gasteiger partial charge in [0.05, 0.1) is 5.92 Å². The number of rotatable bonds is 7. The van der Waals surface area contributed by atoms with Crippen LogP contribution in [-0.4, -0.2) is 30.9 Å². The van der Waals surface area contributed by atoms with Crippen LogP contribution in [0.15, 0.2) is 72.8 Å². The van der Waals surface area contributed by atoms with Gasteiger partial charge in [0.1, 0.15) is 11.5 Å². The standard InChI is InChI=1S/C27H26N2O5/c1-18-7-11-22(12-8-18)34-23-13-9-21(10-14-23)29-16-20(15-26(29)31)27(32)33-17-25(30)28-24-6-4-3-5-19(24)2/h3-14,20H,15-17H2,1-2H3,(H,28,30)/t20-/m1/s1. The first-order chi connectivity index (χ1) is 16.4. The van der Waals surface area contributed by atoms with Crippen LogP contribution in [0.4, 0.5) is 11.4 Å². The number of esters is 1. The van der Waals surface area contributed by atoms with E-state index in [9.17, 15) is 14.4 Å². The number of hydrogen-bond acceptors (Lipinski definition) is 5. The van der Waals surface area contributed by atoms with E-state index in [0.717, 1.165) is 16.9 Å². The fraction of sp³-hybridized carbons (Fsp3) is 0.222. The second-order valence-corrected chi connectivity index (χ2v) is 8.29. The Morgan fingerprint density at radius 1 is 0.941 bits per heavy atom. The van der Waals surface area contributed by atoms with E-state index >= 15 is 0 Å². The third kappa shape index (κ3) is 5.61. The summed E-state index contributed by atoms with van der Waals surface area (Å²) in [4.78, 5) is 38.7. The maximum atomic E-state index is 12.5. The average molecular weight is 459 g/mol. The first kappa shape index (κ1) is 23.0. The van der Waals surface area contributed by atoms with Crippen LogP contribution in [0.2, 0.25) is 0 Å². The monoisotopic (exact) mass is 458 g/mol.